The van der Waals surface area contributed by atoms with Gasteiger partial charge in [0.2, 0.25) is 5.91 Å². The predicted octanol–water partition coefficient (Wildman–Crippen LogP) is 1.27. The molecule has 0 unspecified atom stereocenters. The summed E-state index contributed by atoms with van der Waals surface area (Å²) < 4.78 is 17.5. The number of β-amino-alcohol motifs (C(OH)–C–C–N with tert-alkyl or cyclic N) is 1. The molecule has 9 heteroatoms. The second-order valence-corrected chi connectivity index (χ2v) is 8.84. The number of carbonyl (C=O) groups excluding carboxylic acids is 2. The quantitative estimate of drug-likeness (QED) is 0.603. The van der Waals surface area contributed by atoms with Crippen molar-refractivity contribution in [2.24, 2.45) is 0 Å². The minimum absolute atomic E-state index is 0.0341. The monoisotopic (exact) mass is 483 g/mol. The van der Waals surface area contributed by atoms with Crippen molar-refractivity contribution >= 4 is 11.8 Å². The number of benzene rings is 2. The molecule has 7 rings (SSSR count). The van der Waals surface area contributed by atoms with Crippen molar-refractivity contribution in [1.29, 1.82) is 0 Å². The number of rotatable bonds is 3. The van der Waals surface area contributed by atoms with Gasteiger partial charge in [-0.2, -0.15) is 0 Å². The van der Waals surface area contributed by atoms with Crippen molar-refractivity contribution in [3.63, 3.8) is 0 Å². The van der Waals surface area contributed by atoms with E-state index in [0.717, 1.165) is 17.7 Å². The largest absolute Gasteiger partial charge is 0.493 e. The van der Waals surface area contributed by atoms with Crippen LogP contribution in [-0.2, 0) is 22.6 Å². The first-order valence-electron chi connectivity index (χ1n) is 12.0. The first-order chi connectivity index (χ1) is 17.0. The molecule has 0 saturated carbocycles. The Morgan fingerprint density at radius 3 is 2.66 bits per heavy atom. The Labute approximate surface area is 205 Å². The van der Waals surface area contributed by atoms with E-state index in [2.05, 4.69) is 15.5 Å². The van der Waals surface area contributed by atoms with E-state index < -0.39 is 0 Å². The molecule has 188 valence electrons. The summed E-state index contributed by atoms with van der Waals surface area (Å²) in [4.78, 5) is 27.2. The lowest BCUT2D eigenvalue weighted by Gasteiger charge is -2.38. The number of aliphatic hydroxyl groups is 1. The molecule has 1 saturated heterocycles. The maximum Gasteiger partial charge on any atom is 0.258 e. The number of aryl methyl sites for hydroxylation is 1. The molecule has 0 aromatic heterocycles. The van der Waals surface area contributed by atoms with Gasteiger partial charge in [-0.3, -0.25) is 14.5 Å². The van der Waals surface area contributed by atoms with Crippen LogP contribution in [0.4, 0.5) is 0 Å². The third-order valence-electron chi connectivity index (χ3n) is 6.32. The maximum absolute atomic E-state index is 12.8. The van der Waals surface area contributed by atoms with Gasteiger partial charge in [0, 0.05) is 32.6 Å². The highest BCUT2D eigenvalue weighted by Gasteiger charge is 2.32. The number of nitrogens with one attached hydrogen (secondary N) is 2. The van der Waals surface area contributed by atoms with E-state index in [9.17, 15) is 14.7 Å². The molecule has 3 N–H and O–H groups in total. The molecule has 2 aromatic rings. The third kappa shape index (κ3) is 6.86. The molecule has 4 bridgehead atoms. The van der Waals surface area contributed by atoms with Crippen LogP contribution in [0.2, 0.25) is 0 Å². The fourth-order valence-corrected chi connectivity index (χ4v) is 4.41. The highest BCUT2D eigenvalue weighted by atomic mass is 16.5. The summed E-state index contributed by atoms with van der Waals surface area (Å²) in [6, 6.07) is 12.8. The van der Waals surface area contributed by atoms with Gasteiger partial charge in [-0.15, -0.1) is 0 Å². The number of amides is 2. The smallest absolute Gasteiger partial charge is 0.258 e. The number of aliphatic hydroxyl groups excluding tert-OH is 1. The van der Waals surface area contributed by atoms with E-state index in [4.69, 9.17) is 14.2 Å². The summed E-state index contributed by atoms with van der Waals surface area (Å²) in [5.41, 5.74) is 1.92. The van der Waals surface area contributed by atoms with Crippen LogP contribution in [0, 0.1) is 0 Å². The zero-order chi connectivity index (χ0) is 24.6. The van der Waals surface area contributed by atoms with E-state index in [1.807, 2.05) is 36.4 Å². The number of hydrogen-bond acceptors (Lipinski definition) is 7. The first kappa shape index (κ1) is 24.8. The maximum atomic E-state index is 12.8. The molecule has 9 nitrogen and oxygen atoms in total. The summed E-state index contributed by atoms with van der Waals surface area (Å²) in [5, 5.41) is 15.4. The summed E-state index contributed by atoms with van der Waals surface area (Å²) in [7, 11) is 1.54. The van der Waals surface area contributed by atoms with E-state index in [1.54, 1.807) is 13.2 Å². The van der Waals surface area contributed by atoms with Gasteiger partial charge >= 0.3 is 0 Å². The predicted molar refractivity (Wildman–Crippen MR) is 130 cm³/mol. The van der Waals surface area contributed by atoms with E-state index in [0.29, 0.717) is 56.1 Å². The van der Waals surface area contributed by atoms with Crippen LogP contribution < -0.4 is 24.8 Å². The highest BCUT2D eigenvalue weighted by Crippen LogP contribution is 2.28. The number of likely N-dealkylation sites (tertiary alicyclic amines) is 1. The van der Waals surface area contributed by atoms with Gasteiger partial charge in [-0.05, 0) is 48.2 Å². The van der Waals surface area contributed by atoms with Crippen LogP contribution in [0.3, 0.4) is 0 Å². The standard InChI is InChI=1S/C26H33N3O6/c1-33-24-14-18-4-8-23(24)34-17-26(32)28-21-16-29(12-13-30)11-10-22(21)35-20-6-2-19(3-7-20)15-27-25(31)9-5-18/h2-4,6-8,14,21-22,30H,5,9-13,15-17H2,1H3,(H,27,31)(H,28,32)/t21-,22-/m1/s1. The lowest BCUT2D eigenvalue weighted by Crippen LogP contribution is -2.57. The zero-order valence-corrected chi connectivity index (χ0v) is 20.0. The van der Waals surface area contributed by atoms with Crippen LogP contribution >= 0.6 is 0 Å². The third-order valence-corrected chi connectivity index (χ3v) is 6.32. The zero-order valence-electron chi connectivity index (χ0n) is 20.0. The van der Waals surface area contributed by atoms with Crippen LogP contribution in [-0.4, -0.2) is 73.9 Å². The van der Waals surface area contributed by atoms with Crippen molar-refractivity contribution in [2.75, 3.05) is 40.0 Å². The molecule has 5 aliphatic rings. The highest BCUT2D eigenvalue weighted by molar-refractivity contribution is 5.78. The van der Waals surface area contributed by atoms with Gasteiger partial charge in [0.25, 0.3) is 5.91 Å². The first-order valence-corrected chi connectivity index (χ1v) is 12.0. The summed E-state index contributed by atoms with van der Waals surface area (Å²) in [6.45, 7) is 2.20. The normalized spacial score (nSPS) is 21.8. The SMILES string of the molecule is COc1cc2ccc1OCC(=O)N[C@@H]1CN(CCO)CC[C@H]1Oc1ccc(cc1)CNC(=O)CC2. The molecule has 2 amide bonds. The molecule has 35 heavy (non-hydrogen) atoms. The van der Waals surface area contributed by atoms with Crippen molar-refractivity contribution in [1.82, 2.24) is 15.5 Å². The average molecular weight is 484 g/mol. The second kappa shape index (κ2) is 11.9. The molecule has 0 radical (unpaired) electrons. The summed E-state index contributed by atoms with van der Waals surface area (Å²) in [5.74, 6) is 1.38. The van der Waals surface area contributed by atoms with Crippen LogP contribution in [0.15, 0.2) is 42.5 Å². The fraction of sp³-hybridized carbons (Fsp3) is 0.462. The Morgan fingerprint density at radius 2 is 1.89 bits per heavy atom. The van der Waals surface area contributed by atoms with Crippen LogP contribution in [0.1, 0.15) is 24.0 Å². The number of piperidine rings is 1. The summed E-state index contributed by atoms with van der Waals surface area (Å²) >= 11 is 0. The van der Waals surface area contributed by atoms with Crippen LogP contribution in [0.25, 0.3) is 0 Å². The molecule has 2 aromatic carbocycles. The lowest BCUT2D eigenvalue weighted by atomic mass is 10.0. The Balaban J connectivity index is 1.55. The van der Waals surface area contributed by atoms with Gasteiger partial charge in [-0.1, -0.05) is 18.2 Å². The molecule has 0 aliphatic carbocycles. The molecule has 0 spiro atoms. The number of ether oxygens (including phenoxy) is 3. The number of carbonyl (C=O) groups is 2. The molecule has 1 fully saturated rings. The number of methoxy groups -OCH3 is 1. The second-order valence-electron chi connectivity index (χ2n) is 8.84. The molecular weight excluding hydrogens is 450 g/mol. The fourth-order valence-electron chi connectivity index (χ4n) is 4.41. The molecular formula is C26H33N3O6. The topological polar surface area (TPSA) is 109 Å². The van der Waals surface area contributed by atoms with Crippen molar-refractivity contribution in [3.05, 3.63) is 53.6 Å². The van der Waals surface area contributed by atoms with Gasteiger partial charge < -0.3 is 30.0 Å². The van der Waals surface area contributed by atoms with E-state index >= 15 is 0 Å². The Hall–Kier alpha value is -3.30. The molecule has 5 aliphatic heterocycles. The van der Waals surface area contributed by atoms with Crippen molar-refractivity contribution in [2.45, 2.75) is 38.0 Å². The van der Waals surface area contributed by atoms with Gasteiger partial charge in [0.05, 0.1) is 19.8 Å². The Kier molecular flexibility index (Phi) is 8.44. The van der Waals surface area contributed by atoms with Crippen LogP contribution in [0.5, 0.6) is 17.2 Å². The van der Waals surface area contributed by atoms with E-state index in [1.165, 1.54) is 0 Å². The van der Waals surface area contributed by atoms with Crippen molar-refractivity contribution < 1.29 is 28.9 Å². The summed E-state index contributed by atoms with van der Waals surface area (Å²) in [6.07, 6.45) is 1.39. The lowest BCUT2D eigenvalue weighted by molar-refractivity contribution is -0.125. The molecule has 5 heterocycles. The number of nitrogens with zero attached hydrogens (tertiary/aromatic N) is 1. The van der Waals surface area contributed by atoms with Gasteiger partial charge in [0.15, 0.2) is 18.1 Å². The number of hydrogen-bond donors (Lipinski definition) is 3. The Morgan fingerprint density at radius 1 is 1.09 bits per heavy atom. The minimum Gasteiger partial charge on any atom is -0.493 e. The Bertz CT molecular complexity index is 1010. The van der Waals surface area contributed by atoms with E-state index in [-0.39, 0.29) is 37.2 Å². The molecule has 2 atom stereocenters. The minimum atomic E-state index is -0.264. The van der Waals surface area contributed by atoms with Crippen molar-refractivity contribution in [3.8, 4) is 17.2 Å². The van der Waals surface area contributed by atoms with Gasteiger partial charge in [-0.25, -0.2) is 0 Å². The van der Waals surface area contributed by atoms with Gasteiger partial charge in [0.1, 0.15) is 11.9 Å². The average Bonchev–Trinajstić information content (AvgIpc) is 2.87.